The molecule has 0 aliphatic carbocycles. The van der Waals surface area contributed by atoms with E-state index in [-0.39, 0.29) is 38.5 Å². The predicted octanol–water partition coefficient (Wildman–Crippen LogP) is 5.43. The Bertz CT molecular complexity index is 1660. The fourth-order valence-electron chi connectivity index (χ4n) is 4.27. The molecule has 4 aromatic carbocycles. The van der Waals surface area contributed by atoms with Crippen LogP contribution >= 0.6 is 0 Å². The number of hydrogen-bond acceptors (Lipinski definition) is 6. The lowest BCUT2D eigenvalue weighted by Crippen LogP contribution is -2.07. The van der Waals surface area contributed by atoms with Crippen molar-refractivity contribution in [1.29, 1.82) is 0 Å². The van der Waals surface area contributed by atoms with Gasteiger partial charge in [0.25, 0.3) is 10.1 Å². The van der Waals surface area contributed by atoms with E-state index in [4.69, 9.17) is 0 Å². The quantitative estimate of drug-likeness (QED) is 0.274. The smallest absolute Gasteiger partial charge is 0.294 e. The van der Waals surface area contributed by atoms with Crippen LogP contribution in [0.15, 0.2) is 87.5 Å². The average Bonchev–Trinajstić information content (AvgIpc) is 2.83. The average molecular weight is 527 g/mol. The maximum absolute atomic E-state index is 13.1. The Kier molecular flexibility index (Phi) is 6.83. The summed E-state index contributed by atoms with van der Waals surface area (Å²) in [7, 11) is -8.31. The fraction of sp³-hybridized carbons (Fsp3) is 0.185. The third-order valence-corrected chi connectivity index (χ3v) is 9.05. The Balaban J connectivity index is 1.80. The van der Waals surface area contributed by atoms with Crippen LogP contribution in [0.3, 0.4) is 0 Å². The first-order valence-electron chi connectivity index (χ1n) is 11.3. The second-order valence-electron chi connectivity index (χ2n) is 8.78. The van der Waals surface area contributed by atoms with Crippen LogP contribution in [0.1, 0.15) is 42.9 Å². The molecule has 0 amide bonds. The van der Waals surface area contributed by atoms with Gasteiger partial charge in [-0.25, -0.2) is 8.42 Å². The van der Waals surface area contributed by atoms with Crippen LogP contribution in [0.2, 0.25) is 0 Å². The van der Waals surface area contributed by atoms with Crippen molar-refractivity contribution in [2.45, 2.75) is 47.3 Å². The molecule has 0 saturated carbocycles. The zero-order valence-corrected chi connectivity index (χ0v) is 21.3. The minimum Gasteiger partial charge on any atom is -0.508 e. The normalized spacial score (nSPS) is 13.1. The van der Waals surface area contributed by atoms with Crippen LogP contribution in [0.25, 0.3) is 10.8 Å². The molecule has 0 aliphatic rings. The lowest BCUT2D eigenvalue weighted by Gasteiger charge is -2.17. The molecule has 0 saturated heterocycles. The summed E-state index contributed by atoms with van der Waals surface area (Å²) in [5.74, 6) is -0.271. The van der Waals surface area contributed by atoms with E-state index < -0.39 is 20.0 Å². The molecule has 0 radical (unpaired) electrons. The second-order valence-corrected chi connectivity index (χ2v) is 12.1. The Morgan fingerprint density at radius 2 is 1.44 bits per heavy atom. The molecule has 1 unspecified atom stereocenters. The van der Waals surface area contributed by atoms with E-state index in [2.05, 4.69) is 0 Å². The van der Waals surface area contributed by atoms with Gasteiger partial charge in [0.1, 0.15) is 11.5 Å². The molecule has 0 aromatic heterocycles. The number of sulfone groups is 1. The van der Waals surface area contributed by atoms with Crippen LogP contribution in [0.5, 0.6) is 11.5 Å². The highest BCUT2D eigenvalue weighted by molar-refractivity contribution is 7.91. The molecule has 0 aliphatic heterocycles. The lowest BCUT2D eigenvalue weighted by molar-refractivity contribution is 0.468. The molecule has 0 bridgehead atoms. The van der Waals surface area contributed by atoms with E-state index in [1.54, 1.807) is 6.07 Å². The van der Waals surface area contributed by atoms with Crippen LogP contribution < -0.4 is 0 Å². The number of phenolic OH excluding ortho intramolecular Hbond substituents is 2. The second kappa shape index (κ2) is 9.57. The van der Waals surface area contributed by atoms with Gasteiger partial charge in [-0.1, -0.05) is 38.1 Å². The van der Waals surface area contributed by atoms with Gasteiger partial charge in [-0.2, -0.15) is 8.42 Å². The Morgan fingerprint density at radius 3 is 2.08 bits per heavy atom. The highest BCUT2D eigenvalue weighted by atomic mass is 32.2. The molecule has 188 valence electrons. The first-order chi connectivity index (χ1) is 16.9. The monoisotopic (exact) mass is 526 g/mol. The van der Waals surface area contributed by atoms with Crippen LogP contribution in [-0.4, -0.2) is 31.6 Å². The molecule has 7 nitrogen and oxygen atoms in total. The minimum atomic E-state index is -4.43. The number of phenols is 2. The van der Waals surface area contributed by atoms with E-state index in [1.165, 1.54) is 48.5 Å². The van der Waals surface area contributed by atoms with Crippen LogP contribution in [-0.2, 0) is 26.4 Å². The van der Waals surface area contributed by atoms with Gasteiger partial charge >= 0.3 is 0 Å². The van der Waals surface area contributed by atoms with Crippen molar-refractivity contribution in [3.8, 4) is 11.5 Å². The molecule has 1 atom stereocenters. The summed E-state index contributed by atoms with van der Waals surface area (Å²) in [4.78, 5) is -0.124. The Labute approximate surface area is 210 Å². The van der Waals surface area contributed by atoms with Crippen molar-refractivity contribution in [2.24, 2.45) is 0 Å². The third-order valence-electron chi connectivity index (χ3n) is 6.37. The molecule has 0 fully saturated rings. The molecule has 36 heavy (non-hydrogen) atoms. The molecule has 0 spiro atoms. The van der Waals surface area contributed by atoms with E-state index in [1.807, 2.05) is 32.0 Å². The molecule has 4 aromatic rings. The number of fused-ring (bicyclic) bond motifs is 1. The number of rotatable bonds is 7. The fourth-order valence-corrected chi connectivity index (χ4v) is 6.41. The maximum atomic E-state index is 13.1. The Morgan fingerprint density at radius 1 is 0.806 bits per heavy atom. The van der Waals surface area contributed by atoms with Gasteiger partial charge in [0.15, 0.2) is 0 Å². The summed E-state index contributed by atoms with van der Waals surface area (Å²) in [6.45, 7) is 3.82. The Hall–Kier alpha value is -3.40. The first kappa shape index (κ1) is 25.7. The van der Waals surface area contributed by atoms with Crippen molar-refractivity contribution in [3.05, 3.63) is 89.5 Å². The number of aromatic hydroxyl groups is 2. The largest absolute Gasteiger partial charge is 0.508 e. The zero-order chi connectivity index (χ0) is 26.3. The summed E-state index contributed by atoms with van der Waals surface area (Å²) in [5.41, 5.74) is 1.63. The van der Waals surface area contributed by atoms with Crippen molar-refractivity contribution >= 4 is 30.7 Å². The van der Waals surface area contributed by atoms with E-state index in [0.717, 1.165) is 10.9 Å². The van der Waals surface area contributed by atoms with Crippen molar-refractivity contribution in [1.82, 2.24) is 0 Å². The SMILES string of the molecule is CCC(C)c1c(S(=O)(=O)O)ccc2ccc(Cc3cc(S(=O)(=O)c4ccc(O)cc4)ccc3O)cc12. The van der Waals surface area contributed by atoms with E-state index in [0.29, 0.717) is 22.9 Å². The topological polar surface area (TPSA) is 129 Å². The molecule has 4 rings (SSSR count). The van der Waals surface area contributed by atoms with Crippen LogP contribution in [0.4, 0.5) is 0 Å². The van der Waals surface area contributed by atoms with Gasteiger partial charge in [-0.15, -0.1) is 0 Å². The summed E-state index contributed by atoms with van der Waals surface area (Å²) >= 11 is 0. The van der Waals surface area contributed by atoms with Gasteiger partial charge in [0, 0.05) is 6.42 Å². The zero-order valence-electron chi connectivity index (χ0n) is 19.7. The van der Waals surface area contributed by atoms with Crippen molar-refractivity contribution in [2.75, 3.05) is 0 Å². The van der Waals surface area contributed by atoms with Crippen molar-refractivity contribution < 1.29 is 31.6 Å². The molecule has 9 heteroatoms. The van der Waals surface area contributed by atoms with E-state index >= 15 is 0 Å². The molecule has 3 N–H and O–H groups in total. The van der Waals surface area contributed by atoms with Gasteiger partial charge in [-0.05, 0) is 88.3 Å². The summed E-state index contributed by atoms with van der Waals surface area (Å²) < 4.78 is 60.1. The molecular formula is C27H26O7S2. The maximum Gasteiger partial charge on any atom is 0.294 e. The third kappa shape index (κ3) is 4.95. The lowest BCUT2D eigenvalue weighted by atomic mass is 9.91. The summed E-state index contributed by atoms with van der Waals surface area (Å²) in [6, 6.07) is 17.8. The predicted molar refractivity (Wildman–Crippen MR) is 137 cm³/mol. The van der Waals surface area contributed by atoms with Gasteiger partial charge in [0.2, 0.25) is 9.84 Å². The van der Waals surface area contributed by atoms with Crippen molar-refractivity contribution in [3.63, 3.8) is 0 Å². The van der Waals surface area contributed by atoms with Crippen LogP contribution in [0, 0.1) is 0 Å². The first-order valence-corrected chi connectivity index (χ1v) is 14.2. The summed E-state index contributed by atoms with van der Waals surface area (Å²) in [6.07, 6.45) is 0.848. The van der Waals surface area contributed by atoms with Gasteiger partial charge in [-0.3, -0.25) is 4.55 Å². The highest BCUT2D eigenvalue weighted by Gasteiger charge is 2.22. The highest BCUT2D eigenvalue weighted by Crippen LogP contribution is 2.35. The minimum absolute atomic E-state index is 0.00395. The number of benzene rings is 4. The standard InChI is InChI=1S/C27H26O7S2/c1-3-17(2)27-24-15-18(4-5-19(24)6-13-26(27)36(32,33)34)14-20-16-23(11-12-25(20)29)35(30,31)22-9-7-21(28)8-10-22/h4-13,15-17,28-29H,3,14H2,1-2H3,(H,32,33,34). The van der Waals surface area contributed by atoms with Gasteiger partial charge < -0.3 is 10.2 Å². The summed E-state index contributed by atoms with van der Waals surface area (Å²) in [5, 5.41) is 21.4. The molecular weight excluding hydrogens is 500 g/mol. The number of hydrogen-bond donors (Lipinski definition) is 3. The molecule has 0 heterocycles. The van der Waals surface area contributed by atoms with E-state index in [9.17, 15) is 31.6 Å². The van der Waals surface area contributed by atoms with Gasteiger partial charge in [0.05, 0.1) is 14.7 Å².